The molecular weight excluding hydrogens is 256 g/mol. The van der Waals surface area contributed by atoms with Crippen LogP contribution in [0.4, 0.5) is 5.82 Å². The smallest absolute Gasteiger partial charge is 0.251 e. The molecule has 2 bridgehead atoms. The number of nitrogens with one attached hydrogen (secondary N) is 2. The van der Waals surface area contributed by atoms with E-state index < -0.39 is 0 Å². The molecule has 0 aromatic carbocycles. The van der Waals surface area contributed by atoms with Gasteiger partial charge in [-0.3, -0.25) is 4.79 Å². The molecule has 1 aromatic heterocycles. The van der Waals surface area contributed by atoms with E-state index in [2.05, 4.69) is 15.7 Å². The van der Waals surface area contributed by atoms with E-state index in [4.69, 9.17) is 10.6 Å². The van der Waals surface area contributed by atoms with Crippen molar-refractivity contribution in [1.82, 2.24) is 10.3 Å². The second-order valence-electron chi connectivity index (χ2n) is 5.61. The van der Waals surface area contributed by atoms with Crippen LogP contribution in [0, 0.1) is 12.8 Å². The van der Waals surface area contributed by atoms with Crippen LogP contribution in [0.5, 0.6) is 0 Å². The third kappa shape index (κ3) is 2.62. The molecule has 4 N–H and O–H groups in total. The maximum atomic E-state index is 12.2. The monoisotopic (exact) mass is 276 g/mol. The van der Waals surface area contributed by atoms with Crippen LogP contribution in [0.1, 0.15) is 35.3 Å². The van der Waals surface area contributed by atoms with Gasteiger partial charge in [-0.05, 0) is 38.3 Å². The largest absolute Gasteiger partial charge is 0.375 e. The Bertz CT molecular complexity index is 520. The fraction of sp³-hybridized carbons (Fsp3) is 0.571. The van der Waals surface area contributed by atoms with E-state index in [0.29, 0.717) is 36.1 Å². The number of hydrogen-bond acceptors (Lipinski definition) is 5. The molecule has 0 radical (unpaired) electrons. The summed E-state index contributed by atoms with van der Waals surface area (Å²) < 4.78 is 5.79. The number of hydrazine groups is 1. The highest BCUT2D eigenvalue weighted by atomic mass is 16.5. The summed E-state index contributed by atoms with van der Waals surface area (Å²) in [6, 6.07) is 3.41. The molecule has 3 heterocycles. The van der Waals surface area contributed by atoms with Crippen LogP contribution in [0.15, 0.2) is 12.1 Å². The van der Waals surface area contributed by atoms with Gasteiger partial charge in [0.25, 0.3) is 5.91 Å². The number of carbonyl (C=O) groups is 1. The number of rotatable bonds is 4. The molecule has 3 unspecified atom stereocenters. The first-order valence-electron chi connectivity index (χ1n) is 7.04. The normalized spacial score (nSPS) is 27.6. The summed E-state index contributed by atoms with van der Waals surface area (Å²) in [5, 5.41) is 2.99. The Kier molecular flexibility index (Phi) is 3.58. The summed E-state index contributed by atoms with van der Waals surface area (Å²) in [5.74, 6) is 6.20. The molecular formula is C14H20N4O2. The molecule has 1 aromatic rings. The Morgan fingerprint density at radius 1 is 1.50 bits per heavy atom. The van der Waals surface area contributed by atoms with Crippen LogP contribution >= 0.6 is 0 Å². The number of nitrogen functional groups attached to an aromatic ring is 1. The average Bonchev–Trinajstić information content (AvgIpc) is 3.06. The van der Waals surface area contributed by atoms with Crippen LogP contribution in [-0.4, -0.2) is 29.6 Å². The molecule has 0 aliphatic carbocycles. The number of nitrogens with zero attached hydrogens (tertiary/aromatic N) is 1. The van der Waals surface area contributed by atoms with E-state index in [9.17, 15) is 4.79 Å². The average molecular weight is 276 g/mol. The summed E-state index contributed by atoms with van der Waals surface area (Å²) in [6.45, 7) is 2.51. The minimum absolute atomic E-state index is 0.0882. The number of ether oxygens (including phenoxy) is 1. The molecule has 2 fully saturated rings. The highest BCUT2D eigenvalue weighted by molar-refractivity contribution is 5.95. The Labute approximate surface area is 118 Å². The number of aromatic nitrogens is 1. The van der Waals surface area contributed by atoms with E-state index in [1.807, 2.05) is 6.92 Å². The Morgan fingerprint density at radius 2 is 2.35 bits per heavy atom. The molecule has 108 valence electrons. The third-order valence-electron chi connectivity index (χ3n) is 4.12. The van der Waals surface area contributed by atoms with E-state index in [1.54, 1.807) is 12.1 Å². The molecule has 6 nitrogen and oxygen atoms in total. The van der Waals surface area contributed by atoms with E-state index in [1.165, 1.54) is 6.42 Å². The maximum Gasteiger partial charge on any atom is 0.251 e. The van der Waals surface area contributed by atoms with E-state index >= 15 is 0 Å². The standard InChI is InChI=1S/C14H20N4O2/c1-8-4-9(6-13(17-8)18-15)14(19)16-7-10-5-11-2-3-12(10)20-11/h4,6,10-12H,2-3,5,7,15H2,1H3,(H,16,19)(H,17,18). The van der Waals surface area contributed by atoms with E-state index in [0.717, 1.165) is 18.5 Å². The fourth-order valence-corrected chi connectivity index (χ4v) is 3.16. The minimum Gasteiger partial charge on any atom is -0.375 e. The molecule has 6 heteroatoms. The van der Waals surface area contributed by atoms with Gasteiger partial charge in [0.15, 0.2) is 0 Å². The van der Waals surface area contributed by atoms with Gasteiger partial charge in [-0.25, -0.2) is 10.8 Å². The first kappa shape index (κ1) is 13.3. The zero-order valence-electron chi connectivity index (χ0n) is 11.6. The molecule has 0 saturated carbocycles. The highest BCUT2D eigenvalue weighted by Gasteiger charge is 2.40. The van der Waals surface area contributed by atoms with Crippen molar-refractivity contribution in [2.24, 2.45) is 11.8 Å². The number of aryl methyl sites for hydroxylation is 1. The number of hydrogen-bond donors (Lipinski definition) is 3. The Hall–Kier alpha value is -1.66. The number of anilines is 1. The van der Waals surface area contributed by atoms with Gasteiger partial charge in [0.05, 0.1) is 12.2 Å². The van der Waals surface area contributed by atoms with Crippen molar-refractivity contribution in [3.63, 3.8) is 0 Å². The Morgan fingerprint density at radius 3 is 3.00 bits per heavy atom. The third-order valence-corrected chi connectivity index (χ3v) is 4.12. The lowest BCUT2D eigenvalue weighted by Gasteiger charge is -2.19. The molecule has 2 aliphatic heterocycles. The minimum atomic E-state index is -0.0882. The van der Waals surface area contributed by atoms with Crippen LogP contribution < -0.4 is 16.6 Å². The lowest BCUT2D eigenvalue weighted by Crippen LogP contribution is -2.33. The van der Waals surface area contributed by atoms with Gasteiger partial charge in [-0.1, -0.05) is 0 Å². The molecule has 3 rings (SSSR count). The van der Waals surface area contributed by atoms with Crippen molar-refractivity contribution in [3.05, 3.63) is 23.4 Å². The van der Waals surface area contributed by atoms with Crippen molar-refractivity contribution >= 4 is 11.7 Å². The lowest BCUT2D eigenvalue weighted by atomic mass is 9.89. The zero-order chi connectivity index (χ0) is 14.1. The van der Waals surface area contributed by atoms with Crippen molar-refractivity contribution in [2.45, 2.75) is 38.4 Å². The van der Waals surface area contributed by atoms with Crippen LogP contribution in [0.25, 0.3) is 0 Å². The number of nitrogens with two attached hydrogens (primary N) is 1. The molecule has 3 atom stereocenters. The van der Waals surface area contributed by atoms with Gasteiger partial charge < -0.3 is 15.5 Å². The highest BCUT2D eigenvalue weighted by Crippen LogP contribution is 2.38. The summed E-state index contributed by atoms with van der Waals surface area (Å²) in [5.41, 5.74) is 3.81. The van der Waals surface area contributed by atoms with Gasteiger partial charge in [0.2, 0.25) is 0 Å². The topological polar surface area (TPSA) is 89.3 Å². The summed E-state index contributed by atoms with van der Waals surface area (Å²) in [7, 11) is 0. The van der Waals surface area contributed by atoms with Crippen LogP contribution in [0.3, 0.4) is 0 Å². The number of carbonyl (C=O) groups excluding carboxylic acids is 1. The quantitative estimate of drug-likeness (QED) is 0.563. The van der Waals surface area contributed by atoms with Gasteiger partial charge in [-0.2, -0.15) is 0 Å². The summed E-state index contributed by atoms with van der Waals surface area (Å²) in [4.78, 5) is 16.3. The van der Waals surface area contributed by atoms with Crippen molar-refractivity contribution < 1.29 is 9.53 Å². The molecule has 20 heavy (non-hydrogen) atoms. The van der Waals surface area contributed by atoms with Crippen LogP contribution in [-0.2, 0) is 4.74 Å². The number of amides is 1. The zero-order valence-corrected chi connectivity index (χ0v) is 11.6. The summed E-state index contributed by atoms with van der Waals surface area (Å²) >= 11 is 0. The van der Waals surface area contributed by atoms with Crippen molar-refractivity contribution in [3.8, 4) is 0 Å². The van der Waals surface area contributed by atoms with Crippen molar-refractivity contribution in [2.75, 3.05) is 12.0 Å². The fourth-order valence-electron chi connectivity index (χ4n) is 3.16. The molecule has 2 aliphatic rings. The second-order valence-corrected chi connectivity index (χ2v) is 5.61. The molecule has 2 saturated heterocycles. The first-order chi connectivity index (χ1) is 9.65. The van der Waals surface area contributed by atoms with Crippen LogP contribution in [0.2, 0.25) is 0 Å². The van der Waals surface area contributed by atoms with Gasteiger partial charge in [-0.15, -0.1) is 0 Å². The maximum absolute atomic E-state index is 12.2. The van der Waals surface area contributed by atoms with Gasteiger partial charge in [0, 0.05) is 23.7 Å². The second kappa shape index (κ2) is 5.38. The summed E-state index contributed by atoms with van der Waals surface area (Å²) in [6.07, 6.45) is 4.11. The Balaban J connectivity index is 1.60. The van der Waals surface area contributed by atoms with Crippen molar-refractivity contribution in [1.29, 1.82) is 0 Å². The first-order valence-corrected chi connectivity index (χ1v) is 7.04. The SMILES string of the molecule is Cc1cc(C(=O)NCC2CC3CCC2O3)cc(NN)n1. The molecule has 0 spiro atoms. The molecule has 1 amide bonds. The van der Waals surface area contributed by atoms with E-state index in [-0.39, 0.29) is 5.91 Å². The number of fused-ring (bicyclic) bond motifs is 2. The van der Waals surface area contributed by atoms with Gasteiger partial charge >= 0.3 is 0 Å². The number of pyridine rings is 1. The van der Waals surface area contributed by atoms with Gasteiger partial charge in [0.1, 0.15) is 5.82 Å². The lowest BCUT2D eigenvalue weighted by molar-refractivity contribution is 0.0873. The predicted molar refractivity (Wildman–Crippen MR) is 75.1 cm³/mol. The predicted octanol–water partition coefficient (Wildman–Crippen LogP) is 0.973.